The maximum atomic E-state index is 16.0. The number of hydrogen-bond acceptors (Lipinski definition) is 9. The molecular weight excluding hydrogens is 654 g/mol. The van der Waals surface area contributed by atoms with Crippen LogP contribution in [0, 0.1) is 11.6 Å². The summed E-state index contributed by atoms with van der Waals surface area (Å²) in [6, 6.07) is 8.44. The van der Waals surface area contributed by atoms with Crippen molar-refractivity contribution in [1.82, 2.24) is 29.4 Å². The number of aliphatic hydroxyl groups is 1. The minimum absolute atomic E-state index is 0.0438. The van der Waals surface area contributed by atoms with Gasteiger partial charge in [-0.3, -0.25) is 14.3 Å². The highest BCUT2D eigenvalue weighted by atomic mass is 32.1. The number of benzene rings is 2. The molecule has 0 saturated heterocycles. The zero-order valence-electron chi connectivity index (χ0n) is 27.5. The zero-order chi connectivity index (χ0) is 34.8. The largest absolute Gasteiger partial charge is 0.507 e. The molecule has 4 aromatic heterocycles. The van der Waals surface area contributed by atoms with Gasteiger partial charge in [0.15, 0.2) is 0 Å². The fraction of sp³-hybridized carbons (Fsp3) is 0.314. The topological polar surface area (TPSA) is 128 Å². The fourth-order valence-electron chi connectivity index (χ4n) is 6.27. The summed E-state index contributed by atoms with van der Waals surface area (Å²) in [5, 5.41) is 33.3. The fourth-order valence-corrected chi connectivity index (χ4v) is 7.22. The van der Waals surface area contributed by atoms with Crippen molar-refractivity contribution >= 4 is 38.4 Å². The first-order valence-electron chi connectivity index (χ1n) is 15.7. The Labute approximate surface area is 283 Å². The van der Waals surface area contributed by atoms with E-state index in [2.05, 4.69) is 5.10 Å². The number of halogens is 2. The minimum atomic E-state index is -0.883. The molecular formula is C35H34F2N6O5S. The van der Waals surface area contributed by atoms with Gasteiger partial charge in [0, 0.05) is 64.6 Å². The quantitative estimate of drug-likeness (QED) is 0.191. The second-order valence-electron chi connectivity index (χ2n) is 12.9. The third-order valence-corrected chi connectivity index (χ3v) is 9.28. The number of aryl methyl sites for hydroxylation is 1. The molecule has 1 aliphatic heterocycles. The standard InChI is InChI=1S/C35H34F2N6O5S/c1-18-26-15-25(40-43(26)8-7-42(18)34(46)48-35(2,3)4)32-30(29-23(37)13-20(36)14-28(29)47-10-9-44)33-21(6-11-49-33)31(38-32)22-12-19-17-41(5)39-24(19)16-27(22)45/h6,11-18,44-45H,7-10H2,1-5H3/t18-/m0/s1. The number of nitrogens with zero attached hydrogens (tertiary/aromatic N) is 6. The van der Waals surface area contributed by atoms with Crippen LogP contribution < -0.4 is 4.74 Å². The van der Waals surface area contributed by atoms with Gasteiger partial charge in [0.25, 0.3) is 0 Å². The summed E-state index contributed by atoms with van der Waals surface area (Å²) in [6.07, 6.45) is 1.38. The highest BCUT2D eigenvalue weighted by Crippen LogP contribution is 2.48. The first kappa shape index (κ1) is 32.5. The Morgan fingerprint density at radius 1 is 1.08 bits per heavy atom. The van der Waals surface area contributed by atoms with Crippen LogP contribution in [0.15, 0.2) is 48.0 Å². The molecule has 254 valence electrons. The normalized spacial score (nSPS) is 14.9. The van der Waals surface area contributed by atoms with Gasteiger partial charge >= 0.3 is 6.09 Å². The lowest BCUT2D eigenvalue weighted by Crippen LogP contribution is -2.43. The number of carbonyl (C=O) groups is 1. The van der Waals surface area contributed by atoms with Crippen LogP contribution in [0.1, 0.15) is 39.4 Å². The molecule has 0 bridgehead atoms. The van der Waals surface area contributed by atoms with E-state index in [-0.39, 0.29) is 36.0 Å². The summed E-state index contributed by atoms with van der Waals surface area (Å²) in [5.74, 6) is -1.88. The number of carbonyl (C=O) groups excluding carboxylic acids is 1. The number of aliphatic hydroxyl groups excluding tert-OH is 1. The number of fused-ring (bicyclic) bond motifs is 3. The molecule has 0 fully saturated rings. The molecule has 7 rings (SSSR count). The van der Waals surface area contributed by atoms with Crippen molar-refractivity contribution in [3.05, 3.63) is 65.3 Å². The molecule has 1 amide bonds. The van der Waals surface area contributed by atoms with Gasteiger partial charge in [-0.2, -0.15) is 10.2 Å². The molecule has 1 atom stereocenters. The van der Waals surface area contributed by atoms with E-state index in [1.54, 1.807) is 39.5 Å². The lowest BCUT2D eigenvalue weighted by molar-refractivity contribution is 0.0120. The molecule has 14 heteroatoms. The van der Waals surface area contributed by atoms with Gasteiger partial charge in [0.05, 0.1) is 41.7 Å². The summed E-state index contributed by atoms with van der Waals surface area (Å²) >= 11 is 1.32. The van der Waals surface area contributed by atoms with Crippen LogP contribution in [0.25, 0.3) is 54.8 Å². The van der Waals surface area contributed by atoms with Gasteiger partial charge in [0.2, 0.25) is 0 Å². The monoisotopic (exact) mass is 688 g/mol. The Bertz CT molecular complexity index is 2260. The minimum Gasteiger partial charge on any atom is -0.507 e. The number of phenolic OH excluding ortho intramolecular Hbond substituents is 1. The average molecular weight is 689 g/mol. The first-order valence-corrected chi connectivity index (χ1v) is 16.6. The highest BCUT2D eigenvalue weighted by molar-refractivity contribution is 7.18. The predicted molar refractivity (Wildman–Crippen MR) is 182 cm³/mol. The van der Waals surface area contributed by atoms with Crippen LogP contribution in [0.4, 0.5) is 13.6 Å². The van der Waals surface area contributed by atoms with Gasteiger partial charge in [0.1, 0.15) is 46.7 Å². The van der Waals surface area contributed by atoms with Crippen molar-refractivity contribution in [2.24, 2.45) is 7.05 Å². The van der Waals surface area contributed by atoms with Gasteiger partial charge in [-0.05, 0) is 51.3 Å². The number of thiophene rings is 1. The summed E-state index contributed by atoms with van der Waals surface area (Å²) in [7, 11) is 1.79. The molecule has 5 heterocycles. The van der Waals surface area contributed by atoms with Crippen molar-refractivity contribution in [3.63, 3.8) is 0 Å². The molecule has 0 unspecified atom stereocenters. The molecule has 0 aliphatic carbocycles. The molecule has 0 spiro atoms. The second-order valence-corrected chi connectivity index (χ2v) is 13.9. The van der Waals surface area contributed by atoms with Crippen molar-refractivity contribution in [3.8, 4) is 45.3 Å². The molecule has 49 heavy (non-hydrogen) atoms. The van der Waals surface area contributed by atoms with E-state index < -0.39 is 29.4 Å². The lowest BCUT2D eigenvalue weighted by Gasteiger charge is -2.35. The smallest absolute Gasteiger partial charge is 0.410 e. The van der Waals surface area contributed by atoms with Gasteiger partial charge in [-0.15, -0.1) is 11.3 Å². The van der Waals surface area contributed by atoms with Crippen LogP contribution in [0.2, 0.25) is 0 Å². The number of aromatic nitrogens is 5. The number of rotatable bonds is 6. The Hall–Kier alpha value is -5.08. The first-order chi connectivity index (χ1) is 23.3. The van der Waals surface area contributed by atoms with Crippen LogP contribution in [0.5, 0.6) is 11.5 Å². The number of aromatic hydroxyl groups is 1. The van der Waals surface area contributed by atoms with E-state index in [4.69, 9.17) is 19.6 Å². The van der Waals surface area contributed by atoms with Crippen molar-refractivity contribution in [2.75, 3.05) is 19.8 Å². The third-order valence-electron chi connectivity index (χ3n) is 8.35. The SMILES string of the molecule is C[C@H]1c2cc(-c3nc(-c4cc5cn(C)nc5cc4O)c4ccsc4c3-c3c(F)cc(F)cc3OCCO)nn2CCN1C(=O)OC(C)(C)C. The van der Waals surface area contributed by atoms with E-state index >= 15 is 4.39 Å². The number of hydrogen-bond donors (Lipinski definition) is 2. The Morgan fingerprint density at radius 3 is 2.63 bits per heavy atom. The van der Waals surface area contributed by atoms with E-state index in [1.807, 2.05) is 45.3 Å². The molecule has 6 aromatic rings. The van der Waals surface area contributed by atoms with E-state index in [0.717, 1.165) is 17.5 Å². The highest BCUT2D eigenvalue weighted by Gasteiger charge is 2.34. The van der Waals surface area contributed by atoms with Crippen LogP contribution >= 0.6 is 11.3 Å². The van der Waals surface area contributed by atoms with E-state index in [1.165, 1.54) is 11.3 Å². The third kappa shape index (κ3) is 5.84. The lowest BCUT2D eigenvalue weighted by atomic mass is 9.95. The van der Waals surface area contributed by atoms with Crippen molar-refractivity contribution in [2.45, 2.75) is 45.9 Å². The van der Waals surface area contributed by atoms with Crippen LogP contribution in [-0.2, 0) is 18.3 Å². The van der Waals surface area contributed by atoms with Crippen molar-refractivity contribution in [1.29, 1.82) is 0 Å². The average Bonchev–Trinajstić information content (AvgIpc) is 3.76. The Balaban J connectivity index is 1.48. The molecule has 2 aromatic carbocycles. The molecule has 0 saturated carbocycles. The molecule has 2 N–H and O–H groups in total. The summed E-state index contributed by atoms with van der Waals surface area (Å²) in [4.78, 5) is 19.8. The van der Waals surface area contributed by atoms with Crippen LogP contribution in [-0.4, -0.2) is 71.1 Å². The van der Waals surface area contributed by atoms with Gasteiger partial charge in [-0.1, -0.05) is 0 Å². The Morgan fingerprint density at radius 2 is 1.88 bits per heavy atom. The number of ether oxygens (including phenoxy) is 2. The molecule has 0 radical (unpaired) electrons. The predicted octanol–water partition coefficient (Wildman–Crippen LogP) is 7.05. The number of amides is 1. The summed E-state index contributed by atoms with van der Waals surface area (Å²) < 4.78 is 46.0. The zero-order valence-corrected chi connectivity index (χ0v) is 28.3. The van der Waals surface area contributed by atoms with Gasteiger partial charge in [-0.25, -0.2) is 18.6 Å². The van der Waals surface area contributed by atoms with E-state index in [9.17, 15) is 19.4 Å². The maximum Gasteiger partial charge on any atom is 0.410 e. The maximum absolute atomic E-state index is 16.0. The molecule has 1 aliphatic rings. The molecule has 11 nitrogen and oxygen atoms in total. The summed E-state index contributed by atoms with van der Waals surface area (Å²) in [6.45, 7) is 7.47. The number of phenols is 1. The van der Waals surface area contributed by atoms with E-state index in [0.29, 0.717) is 56.9 Å². The number of pyridine rings is 1. The van der Waals surface area contributed by atoms with Crippen molar-refractivity contribution < 1.29 is 33.3 Å². The van der Waals surface area contributed by atoms with Crippen LogP contribution in [0.3, 0.4) is 0 Å². The summed E-state index contributed by atoms with van der Waals surface area (Å²) in [5.41, 5.74) is 2.39. The second kappa shape index (κ2) is 12.1. The van der Waals surface area contributed by atoms with Gasteiger partial charge < -0.3 is 19.7 Å². The Kier molecular flexibility index (Phi) is 8.02.